The van der Waals surface area contributed by atoms with Gasteiger partial charge in [-0.25, -0.2) is 17.7 Å². The number of hydrogen-bond donors (Lipinski definition) is 1. The van der Waals surface area contributed by atoms with E-state index >= 15 is 0 Å². The molecule has 0 aliphatic heterocycles. The van der Waals surface area contributed by atoms with Crippen LogP contribution in [0.2, 0.25) is 0 Å². The second-order valence-electron chi connectivity index (χ2n) is 6.05. The zero-order valence-electron chi connectivity index (χ0n) is 12.8. The number of aliphatic hydroxyl groups is 1. The summed E-state index contributed by atoms with van der Waals surface area (Å²) < 4.78 is 26.9. The number of hydrogen-bond acceptors (Lipinski definition) is 5. The number of anilines is 1. The zero-order valence-corrected chi connectivity index (χ0v) is 14.4. The van der Waals surface area contributed by atoms with Crippen LogP contribution in [0.4, 0.5) is 5.13 Å². The Morgan fingerprint density at radius 1 is 1.27 bits per heavy atom. The van der Waals surface area contributed by atoms with Crippen molar-refractivity contribution < 1.29 is 13.5 Å². The molecule has 0 unspecified atom stereocenters. The Hall–Kier alpha value is -1.44. The van der Waals surface area contributed by atoms with E-state index in [1.165, 1.54) is 15.6 Å². The summed E-state index contributed by atoms with van der Waals surface area (Å²) in [4.78, 5) is 4.28. The number of aromatic nitrogens is 1. The van der Waals surface area contributed by atoms with Gasteiger partial charge >= 0.3 is 0 Å². The Balaban J connectivity index is 2.42. The molecule has 1 N–H and O–H groups in total. The van der Waals surface area contributed by atoms with Crippen molar-refractivity contribution in [2.75, 3.05) is 10.8 Å². The van der Waals surface area contributed by atoms with Gasteiger partial charge in [0.1, 0.15) is 0 Å². The van der Waals surface area contributed by atoms with Crippen molar-refractivity contribution >= 4 is 26.5 Å². The van der Waals surface area contributed by atoms with Gasteiger partial charge < -0.3 is 5.11 Å². The Labute approximate surface area is 135 Å². The first-order valence-electron chi connectivity index (χ1n) is 6.88. The molecule has 1 heterocycles. The summed E-state index contributed by atoms with van der Waals surface area (Å²) in [6, 6.07) is 8.19. The predicted octanol–water partition coefficient (Wildman–Crippen LogP) is 2.75. The van der Waals surface area contributed by atoms with Gasteiger partial charge in [-0.3, -0.25) is 0 Å². The second kappa shape index (κ2) is 6.36. The van der Waals surface area contributed by atoms with E-state index in [-0.39, 0.29) is 11.4 Å². The first kappa shape index (κ1) is 16.9. The Bertz CT molecular complexity index is 692. The highest BCUT2D eigenvalue weighted by atomic mass is 32.2. The van der Waals surface area contributed by atoms with Gasteiger partial charge in [-0.1, -0.05) is 39.0 Å². The van der Waals surface area contributed by atoms with Crippen LogP contribution < -0.4 is 4.31 Å². The van der Waals surface area contributed by atoms with Gasteiger partial charge in [0.15, 0.2) is 5.13 Å². The van der Waals surface area contributed by atoms with E-state index in [4.69, 9.17) is 0 Å². The average Bonchev–Trinajstić information content (AvgIpc) is 2.98. The molecule has 0 bridgehead atoms. The third-order valence-corrected chi connectivity index (χ3v) is 5.98. The third-order valence-electron chi connectivity index (χ3n) is 3.30. The summed E-state index contributed by atoms with van der Waals surface area (Å²) in [6.07, 6.45) is 0.742. The molecule has 0 spiro atoms. The van der Waals surface area contributed by atoms with Crippen molar-refractivity contribution in [3.8, 4) is 0 Å². The van der Waals surface area contributed by atoms with Gasteiger partial charge in [0, 0.05) is 11.6 Å². The fourth-order valence-corrected chi connectivity index (χ4v) is 4.10. The lowest BCUT2D eigenvalue weighted by atomic mass is 9.89. The van der Waals surface area contributed by atoms with Gasteiger partial charge in [-0.2, -0.15) is 0 Å². The monoisotopic (exact) mass is 340 g/mol. The largest absolute Gasteiger partial charge is 0.391 e. The maximum Gasteiger partial charge on any atom is 0.266 e. The first-order chi connectivity index (χ1) is 10.2. The highest BCUT2D eigenvalue weighted by Gasteiger charge is 2.32. The number of thiazole rings is 1. The van der Waals surface area contributed by atoms with Crippen molar-refractivity contribution in [2.45, 2.75) is 31.8 Å². The van der Waals surface area contributed by atoms with E-state index in [2.05, 4.69) is 4.98 Å². The molecule has 1 atom stereocenters. The Kier molecular flexibility index (Phi) is 4.89. The van der Waals surface area contributed by atoms with E-state index < -0.39 is 21.5 Å². The molecule has 0 saturated heterocycles. The minimum Gasteiger partial charge on any atom is -0.391 e. The van der Waals surface area contributed by atoms with Crippen LogP contribution in [0, 0.1) is 5.41 Å². The molecule has 0 saturated carbocycles. The van der Waals surface area contributed by atoms with Crippen molar-refractivity contribution in [1.29, 1.82) is 0 Å². The highest BCUT2D eigenvalue weighted by molar-refractivity contribution is 7.93. The molecule has 2 aromatic rings. The smallest absolute Gasteiger partial charge is 0.266 e. The van der Waals surface area contributed by atoms with Crippen molar-refractivity contribution in [1.82, 2.24) is 4.98 Å². The van der Waals surface area contributed by atoms with Gasteiger partial charge in [0.25, 0.3) is 10.0 Å². The molecule has 7 heteroatoms. The van der Waals surface area contributed by atoms with E-state index in [1.54, 1.807) is 41.9 Å². The maximum atomic E-state index is 12.9. The van der Waals surface area contributed by atoms with Crippen molar-refractivity contribution in [3.05, 3.63) is 41.9 Å². The van der Waals surface area contributed by atoms with E-state index in [1.807, 2.05) is 20.8 Å². The lowest BCUT2D eigenvalue weighted by Crippen LogP contribution is -2.42. The number of sulfonamides is 1. The molecule has 0 radical (unpaired) electrons. The molecule has 1 aromatic carbocycles. The summed E-state index contributed by atoms with van der Waals surface area (Å²) in [7, 11) is -3.76. The lowest BCUT2D eigenvalue weighted by Gasteiger charge is -2.31. The lowest BCUT2D eigenvalue weighted by molar-refractivity contribution is 0.0718. The molecule has 0 amide bonds. The fraction of sp³-hybridized carbons (Fsp3) is 0.400. The van der Waals surface area contributed by atoms with Gasteiger partial charge in [0.2, 0.25) is 0 Å². The first-order valence-corrected chi connectivity index (χ1v) is 9.20. The summed E-state index contributed by atoms with van der Waals surface area (Å²) in [5, 5.41) is 12.4. The summed E-state index contributed by atoms with van der Waals surface area (Å²) in [5.74, 6) is 0. The summed E-state index contributed by atoms with van der Waals surface area (Å²) in [6.45, 7) is 5.57. The number of rotatable bonds is 5. The topological polar surface area (TPSA) is 70.5 Å². The van der Waals surface area contributed by atoms with Crippen LogP contribution in [0.5, 0.6) is 0 Å². The van der Waals surface area contributed by atoms with Crippen LogP contribution in [0.25, 0.3) is 0 Å². The Morgan fingerprint density at radius 3 is 2.41 bits per heavy atom. The molecule has 0 aliphatic rings. The number of nitrogens with zero attached hydrogens (tertiary/aromatic N) is 2. The maximum absolute atomic E-state index is 12.9. The van der Waals surface area contributed by atoms with E-state index in [9.17, 15) is 13.5 Å². The number of aliphatic hydroxyl groups excluding tert-OH is 1. The summed E-state index contributed by atoms with van der Waals surface area (Å²) in [5.41, 5.74) is -0.429. The highest BCUT2D eigenvalue weighted by Crippen LogP contribution is 2.28. The molecule has 0 fully saturated rings. The fourth-order valence-electron chi connectivity index (χ4n) is 1.77. The van der Waals surface area contributed by atoms with Crippen LogP contribution in [0.1, 0.15) is 20.8 Å². The zero-order chi connectivity index (χ0) is 16.4. The van der Waals surface area contributed by atoms with Gasteiger partial charge in [-0.15, -0.1) is 11.3 Å². The molecule has 2 rings (SSSR count). The molecule has 0 aliphatic carbocycles. The van der Waals surface area contributed by atoms with Crippen molar-refractivity contribution in [3.63, 3.8) is 0 Å². The van der Waals surface area contributed by atoms with Crippen LogP contribution in [0.3, 0.4) is 0 Å². The quantitative estimate of drug-likeness (QED) is 0.908. The number of benzene rings is 1. The molecular formula is C15H20N2O3S2. The van der Waals surface area contributed by atoms with Crippen LogP contribution in [-0.2, 0) is 10.0 Å². The van der Waals surface area contributed by atoms with E-state index in [0.29, 0.717) is 5.13 Å². The molecule has 5 nitrogen and oxygen atoms in total. The Morgan fingerprint density at radius 2 is 1.91 bits per heavy atom. The normalized spacial score (nSPS) is 13.8. The molecule has 120 valence electrons. The molecular weight excluding hydrogens is 320 g/mol. The van der Waals surface area contributed by atoms with Gasteiger partial charge in [-0.05, 0) is 17.5 Å². The van der Waals surface area contributed by atoms with Gasteiger partial charge in [0.05, 0.1) is 17.5 Å². The standard InChI is InChI=1S/C15H20N2O3S2/c1-15(2,3)13(18)11-17(14-16-9-10-21-14)22(19,20)12-7-5-4-6-8-12/h4-10,13,18H,11H2,1-3H3/t13-/m1/s1. The molecule has 22 heavy (non-hydrogen) atoms. The second-order valence-corrected chi connectivity index (χ2v) is 8.78. The van der Waals surface area contributed by atoms with Crippen LogP contribution in [-0.4, -0.2) is 31.2 Å². The average molecular weight is 340 g/mol. The minimum absolute atomic E-state index is 0.0335. The third kappa shape index (κ3) is 3.66. The summed E-state index contributed by atoms with van der Waals surface area (Å²) >= 11 is 1.23. The molecule has 1 aromatic heterocycles. The van der Waals surface area contributed by atoms with Crippen molar-refractivity contribution in [2.24, 2.45) is 5.41 Å². The predicted molar refractivity (Wildman–Crippen MR) is 88.5 cm³/mol. The van der Waals surface area contributed by atoms with E-state index in [0.717, 1.165) is 0 Å². The van der Waals surface area contributed by atoms with Crippen LogP contribution in [0.15, 0.2) is 46.8 Å². The SMILES string of the molecule is CC(C)(C)[C@H](O)CN(c1nccs1)S(=O)(=O)c1ccccc1. The van der Waals surface area contributed by atoms with Crippen LogP contribution >= 0.6 is 11.3 Å². The minimum atomic E-state index is -3.76.